The first kappa shape index (κ1) is 12.9. The van der Waals surface area contributed by atoms with Gasteiger partial charge >= 0.3 is 0 Å². The normalized spacial score (nSPS) is 12.5. The predicted molar refractivity (Wildman–Crippen MR) is 58.0 cm³/mol. The molecule has 0 atom stereocenters. The molecule has 0 spiro atoms. The molecule has 0 saturated carbocycles. The third-order valence-corrected chi connectivity index (χ3v) is 2.08. The summed E-state index contributed by atoms with van der Waals surface area (Å²) in [6.45, 7) is 13.9. The standard InChI is InChI=1S/C11H25NO/c1-6-12-9-11(4,5)7-8-13-10(2)3/h10,12H,6-9H2,1-5H3. The molecule has 2 heteroatoms. The first-order valence-electron chi connectivity index (χ1n) is 5.30. The summed E-state index contributed by atoms with van der Waals surface area (Å²) in [6.07, 6.45) is 1.48. The molecule has 1 N–H and O–H groups in total. The molecule has 0 aromatic rings. The zero-order chi connectivity index (χ0) is 10.3. The van der Waals surface area contributed by atoms with E-state index in [1.807, 2.05) is 0 Å². The first-order chi connectivity index (χ1) is 5.98. The number of hydrogen-bond donors (Lipinski definition) is 1. The Morgan fingerprint density at radius 1 is 1.31 bits per heavy atom. The molecule has 0 rings (SSSR count). The van der Waals surface area contributed by atoms with E-state index in [0.29, 0.717) is 11.5 Å². The lowest BCUT2D eigenvalue weighted by molar-refractivity contribution is 0.0575. The Balaban J connectivity index is 3.50. The second-order valence-corrected chi connectivity index (χ2v) is 4.61. The van der Waals surface area contributed by atoms with E-state index in [-0.39, 0.29) is 0 Å². The third kappa shape index (κ3) is 8.26. The molecule has 80 valence electrons. The van der Waals surface area contributed by atoms with Crippen LogP contribution in [0.5, 0.6) is 0 Å². The van der Waals surface area contributed by atoms with Gasteiger partial charge in [0.05, 0.1) is 6.10 Å². The Morgan fingerprint density at radius 3 is 2.38 bits per heavy atom. The molecule has 0 saturated heterocycles. The van der Waals surface area contributed by atoms with E-state index < -0.39 is 0 Å². The van der Waals surface area contributed by atoms with Gasteiger partial charge in [-0.2, -0.15) is 0 Å². The Bertz CT molecular complexity index is 121. The third-order valence-electron chi connectivity index (χ3n) is 2.08. The molecular weight excluding hydrogens is 162 g/mol. The van der Waals surface area contributed by atoms with E-state index in [4.69, 9.17) is 4.74 Å². The van der Waals surface area contributed by atoms with Crippen molar-refractivity contribution < 1.29 is 4.74 Å². The largest absolute Gasteiger partial charge is 0.379 e. The van der Waals surface area contributed by atoms with E-state index in [0.717, 1.165) is 26.1 Å². The summed E-state index contributed by atoms with van der Waals surface area (Å²) in [5.74, 6) is 0. The second-order valence-electron chi connectivity index (χ2n) is 4.61. The average molecular weight is 187 g/mol. The summed E-state index contributed by atoms with van der Waals surface area (Å²) < 4.78 is 5.53. The molecule has 0 aliphatic carbocycles. The molecule has 0 aliphatic heterocycles. The van der Waals surface area contributed by atoms with Gasteiger partial charge in [0.25, 0.3) is 0 Å². The first-order valence-corrected chi connectivity index (χ1v) is 5.30. The summed E-state index contributed by atoms with van der Waals surface area (Å²) in [6, 6.07) is 0. The fourth-order valence-electron chi connectivity index (χ4n) is 1.12. The monoisotopic (exact) mass is 187 g/mol. The van der Waals surface area contributed by atoms with Crippen molar-refractivity contribution in [1.82, 2.24) is 5.32 Å². The Morgan fingerprint density at radius 2 is 1.92 bits per heavy atom. The smallest absolute Gasteiger partial charge is 0.0518 e. The van der Waals surface area contributed by atoms with E-state index in [2.05, 4.69) is 39.9 Å². The van der Waals surface area contributed by atoms with Crippen molar-refractivity contribution in [3.8, 4) is 0 Å². The fraction of sp³-hybridized carbons (Fsp3) is 1.00. The van der Waals surface area contributed by atoms with Crippen molar-refractivity contribution in [2.75, 3.05) is 19.7 Å². The Kier molecular flexibility index (Phi) is 6.35. The Hall–Kier alpha value is -0.0800. The van der Waals surface area contributed by atoms with Crippen molar-refractivity contribution in [2.45, 2.75) is 47.1 Å². The van der Waals surface area contributed by atoms with Crippen LogP contribution in [0.4, 0.5) is 0 Å². The summed E-state index contributed by atoms with van der Waals surface area (Å²) in [5, 5.41) is 3.37. The van der Waals surface area contributed by atoms with Gasteiger partial charge in [-0.15, -0.1) is 0 Å². The van der Waals surface area contributed by atoms with Crippen LogP contribution in [0.3, 0.4) is 0 Å². The summed E-state index contributed by atoms with van der Waals surface area (Å²) in [5.41, 5.74) is 0.352. The van der Waals surface area contributed by atoms with Crippen molar-refractivity contribution in [3.63, 3.8) is 0 Å². The van der Waals surface area contributed by atoms with Crippen LogP contribution in [0.15, 0.2) is 0 Å². The quantitative estimate of drug-likeness (QED) is 0.661. The van der Waals surface area contributed by atoms with Gasteiger partial charge in [0.2, 0.25) is 0 Å². The van der Waals surface area contributed by atoms with Gasteiger partial charge in [0.15, 0.2) is 0 Å². The zero-order valence-corrected chi connectivity index (χ0v) is 9.81. The topological polar surface area (TPSA) is 21.3 Å². The zero-order valence-electron chi connectivity index (χ0n) is 9.81. The van der Waals surface area contributed by atoms with Crippen LogP contribution in [0.1, 0.15) is 41.0 Å². The highest BCUT2D eigenvalue weighted by Crippen LogP contribution is 2.18. The second kappa shape index (κ2) is 6.39. The van der Waals surface area contributed by atoms with Crippen molar-refractivity contribution in [2.24, 2.45) is 5.41 Å². The average Bonchev–Trinajstić information content (AvgIpc) is 2.00. The molecule has 0 amide bonds. The molecule has 13 heavy (non-hydrogen) atoms. The SMILES string of the molecule is CCNCC(C)(C)CCOC(C)C. The lowest BCUT2D eigenvalue weighted by atomic mass is 9.90. The molecule has 0 heterocycles. The minimum Gasteiger partial charge on any atom is -0.379 e. The highest BCUT2D eigenvalue weighted by molar-refractivity contribution is 4.70. The summed E-state index contributed by atoms with van der Waals surface area (Å²) in [7, 11) is 0. The molecule has 0 aliphatic rings. The summed E-state index contributed by atoms with van der Waals surface area (Å²) in [4.78, 5) is 0. The van der Waals surface area contributed by atoms with Gasteiger partial charge in [-0.25, -0.2) is 0 Å². The van der Waals surface area contributed by atoms with Crippen LogP contribution in [0.25, 0.3) is 0 Å². The van der Waals surface area contributed by atoms with Crippen molar-refractivity contribution in [1.29, 1.82) is 0 Å². The molecular formula is C11H25NO. The van der Waals surface area contributed by atoms with Crippen LogP contribution in [0, 0.1) is 5.41 Å². The lowest BCUT2D eigenvalue weighted by Crippen LogP contribution is -2.30. The summed E-state index contributed by atoms with van der Waals surface area (Å²) >= 11 is 0. The van der Waals surface area contributed by atoms with Gasteiger partial charge < -0.3 is 10.1 Å². The van der Waals surface area contributed by atoms with Gasteiger partial charge in [-0.3, -0.25) is 0 Å². The van der Waals surface area contributed by atoms with E-state index >= 15 is 0 Å². The van der Waals surface area contributed by atoms with Crippen LogP contribution in [-0.2, 0) is 4.74 Å². The van der Waals surface area contributed by atoms with Crippen LogP contribution in [-0.4, -0.2) is 25.8 Å². The minimum absolute atomic E-state index is 0.352. The number of hydrogen-bond acceptors (Lipinski definition) is 2. The molecule has 0 radical (unpaired) electrons. The van der Waals surface area contributed by atoms with E-state index in [1.165, 1.54) is 0 Å². The van der Waals surface area contributed by atoms with Gasteiger partial charge in [-0.1, -0.05) is 20.8 Å². The number of ether oxygens (including phenoxy) is 1. The maximum Gasteiger partial charge on any atom is 0.0518 e. The predicted octanol–water partition coefficient (Wildman–Crippen LogP) is 2.44. The Labute approximate surface area is 83.1 Å². The van der Waals surface area contributed by atoms with Gasteiger partial charge in [0, 0.05) is 13.2 Å². The molecule has 0 aromatic heterocycles. The van der Waals surface area contributed by atoms with E-state index in [1.54, 1.807) is 0 Å². The molecule has 0 fully saturated rings. The highest BCUT2D eigenvalue weighted by atomic mass is 16.5. The maximum atomic E-state index is 5.53. The number of rotatable bonds is 7. The molecule has 0 aromatic carbocycles. The minimum atomic E-state index is 0.352. The van der Waals surface area contributed by atoms with Crippen LogP contribution >= 0.6 is 0 Å². The van der Waals surface area contributed by atoms with Crippen molar-refractivity contribution in [3.05, 3.63) is 0 Å². The number of nitrogens with one attached hydrogen (secondary N) is 1. The molecule has 0 unspecified atom stereocenters. The van der Waals surface area contributed by atoms with Crippen LogP contribution in [0.2, 0.25) is 0 Å². The van der Waals surface area contributed by atoms with Gasteiger partial charge in [-0.05, 0) is 32.2 Å². The maximum absolute atomic E-state index is 5.53. The highest BCUT2D eigenvalue weighted by Gasteiger charge is 2.16. The molecule has 2 nitrogen and oxygen atoms in total. The van der Waals surface area contributed by atoms with E-state index in [9.17, 15) is 0 Å². The van der Waals surface area contributed by atoms with Crippen molar-refractivity contribution >= 4 is 0 Å². The fourth-order valence-corrected chi connectivity index (χ4v) is 1.12. The lowest BCUT2D eigenvalue weighted by Gasteiger charge is -2.25. The van der Waals surface area contributed by atoms with Gasteiger partial charge in [0.1, 0.15) is 0 Å². The molecule has 0 bridgehead atoms. The van der Waals surface area contributed by atoms with Crippen LogP contribution < -0.4 is 5.32 Å².